The molecule has 0 atom stereocenters. The predicted octanol–water partition coefficient (Wildman–Crippen LogP) is 3.04. The number of para-hydroxylation sites is 1. The molecule has 3 amide bonds. The van der Waals surface area contributed by atoms with Gasteiger partial charge in [-0.15, -0.1) is 0 Å². The van der Waals surface area contributed by atoms with Crippen LogP contribution in [0.2, 0.25) is 0 Å². The fraction of sp³-hybridized carbons (Fsp3) is 0.261. The Bertz CT molecular complexity index is 1290. The number of imide groups is 1. The summed E-state index contributed by atoms with van der Waals surface area (Å²) in [5, 5.41) is 12.1. The number of nitrogens with zero attached hydrogens (tertiary/aromatic N) is 3. The van der Waals surface area contributed by atoms with Crippen molar-refractivity contribution in [3.63, 3.8) is 0 Å². The normalized spacial score (nSPS) is 15.2. The second-order valence-electron chi connectivity index (χ2n) is 8.05. The molecule has 2 aliphatic rings. The van der Waals surface area contributed by atoms with Crippen molar-refractivity contribution in [3.05, 3.63) is 75.0 Å². The monoisotopic (exact) mass is 432 g/mol. The summed E-state index contributed by atoms with van der Waals surface area (Å²) in [6.07, 6.45) is 1.31. The summed E-state index contributed by atoms with van der Waals surface area (Å²) in [6, 6.07) is 11.7. The van der Waals surface area contributed by atoms with E-state index in [1.54, 1.807) is 0 Å². The zero-order valence-electron chi connectivity index (χ0n) is 17.2. The van der Waals surface area contributed by atoms with Gasteiger partial charge in [-0.05, 0) is 18.6 Å². The second-order valence-corrected chi connectivity index (χ2v) is 8.05. The van der Waals surface area contributed by atoms with Crippen molar-refractivity contribution in [1.82, 2.24) is 14.8 Å². The molecule has 5 rings (SSSR count). The van der Waals surface area contributed by atoms with Crippen LogP contribution < -0.4 is 0 Å². The van der Waals surface area contributed by atoms with E-state index in [4.69, 9.17) is 0 Å². The number of hydrogen-bond donors (Lipinski definition) is 1. The Kier molecular flexibility index (Phi) is 4.73. The van der Waals surface area contributed by atoms with E-state index in [-0.39, 0.29) is 35.7 Å². The molecule has 0 spiro atoms. The Morgan fingerprint density at radius 3 is 2.69 bits per heavy atom. The van der Waals surface area contributed by atoms with E-state index in [1.165, 1.54) is 12.1 Å². The molecule has 3 aromatic rings. The molecule has 0 unspecified atom stereocenters. The highest BCUT2D eigenvalue weighted by Crippen LogP contribution is 2.29. The third-order valence-electron chi connectivity index (χ3n) is 6.17. The lowest BCUT2D eigenvalue weighted by Gasteiger charge is -2.27. The minimum atomic E-state index is -0.600. The number of nitro groups is 1. The highest BCUT2D eigenvalue weighted by atomic mass is 16.6. The highest BCUT2D eigenvalue weighted by molar-refractivity contribution is 6.21. The number of amides is 3. The van der Waals surface area contributed by atoms with Crippen LogP contribution in [0, 0.1) is 10.1 Å². The van der Waals surface area contributed by atoms with Gasteiger partial charge in [0.15, 0.2) is 0 Å². The van der Waals surface area contributed by atoms with E-state index in [1.807, 2.05) is 29.2 Å². The standard InChI is InChI=1S/C23H20N4O5/c28-21(25-11-9-20-18(13-25)15-4-1-2-5-19(15)24-20)6-3-10-26-22(29)16-8-7-14(27(31)32)12-17(16)23(26)30/h1-2,4-5,7-8,12,24H,3,6,9-11,13H2. The van der Waals surface area contributed by atoms with Gasteiger partial charge in [-0.2, -0.15) is 0 Å². The number of nitro benzene ring substituents is 1. The molecule has 1 N–H and O–H groups in total. The molecule has 32 heavy (non-hydrogen) atoms. The summed E-state index contributed by atoms with van der Waals surface area (Å²) in [5.74, 6) is -1.05. The Balaban J connectivity index is 1.21. The Morgan fingerprint density at radius 1 is 1.09 bits per heavy atom. The number of benzene rings is 2. The zero-order chi connectivity index (χ0) is 22.4. The molecule has 2 aromatic carbocycles. The minimum Gasteiger partial charge on any atom is -0.358 e. The largest absolute Gasteiger partial charge is 0.358 e. The molecular formula is C23H20N4O5. The first-order chi connectivity index (χ1) is 15.4. The molecule has 9 nitrogen and oxygen atoms in total. The lowest BCUT2D eigenvalue weighted by molar-refractivity contribution is -0.384. The fourth-order valence-corrected chi connectivity index (χ4v) is 4.52. The summed E-state index contributed by atoms with van der Waals surface area (Å²) in [4.78, 5) is 54.6. The van der Waals surface area contributed by atoms with Crippen molar-refractivity contribution in [3.8, 4) is 0 Å². The van der Waals surface area contributed by atoms with Crippen LogP contribution >= 0.6 is 0 Å². The van der Waals surface area contributed by atoms with Gasteiger partial charge in [0, 0.05) is 66.8 Å². The van der Waals surface area contributed by atoms with Gasteiger partial charge in [-0.3, -0.25) is 29.4 Å². The van der Waals surface area contributed by atoms with Crippen molar-refractivity contribution in [2.75, 3.05) is 13.1 Å². The average molecular weight is 432 g/mol. The number of hydrogen-bond acceptors (Lipinski definition) is 5. The Morgan fingerprint density at radius 2 is 1.88 bits per heavy atom. The van der Waals surface area contributed by atoms with Crippen LogP contribution in [0.25, 0.3) is 10.9 Å². The molecule has 0 saturated heterocycles. The first-order valence-corrected chi connectivity index (χ1v) is 10.4. The maximum absolute atomic E-state index is 12.8. The highest BCUT2D eigenvalue weighted by Gasteiger charge is 2.36. The zero-order valence-corrected chi connectivity index (χ0v) is 17.2. The van der Waals surface area contributed by atoms with E-state index in [2.05, 4.69) is 4.98 Å². The lowest BCUT2D eigenvalue weighted by atomic mass is 10.0. The Labute approximate surface area is 182 Å². The number of fused-ring (bicyclic) bond motifs is 4. The van der Waals surface area contributed by atoms with Crippen LogP contribution in [0.1, 0.15) is 44.8 Å². The maximum atomic E-state index is 12.8. The van der Waals surface area contributed by atoms with Gasteiger partial charge in [-0.25, -0.2) is 0 Å². The van der Waals surface area contributed by atoms with Crippen molar-refractivity contribution >= 4 is 34.3 Å². The first-order valence-electron chi connectivity index (χ1n) is 10.4. The van der Waals surface area contributed by atoms with Gasteiger partial charge in [0.25, 0.3) is 17.5 Å². The fourth-order valence-electron chi connectivity index (χ4n) is 4.52. The van der Waals surface area contributed by atoms with Gasteiger partial charge in [0.05, 0.1) is 16.1 Å². The molecule has 162 valence electrons. The van der Waals surface area contributed by atoms with Gasteiger partial charge in [0.1, 0.15) is 0 Å². The van der Waals surface area contributed by atoms with Gasteiger partial charge in [0.2, 0.25) is 5.91 Å². The van der Waals surface area contributed by atoms with Crippen LogP contribution in [0.15, 0.2) is 42.5 Å². The lowest BCUT2D eigenvalue weighted by Crippen LogP contribution is -2.36. The molecule has 0 radical (unpaired) electrons. The number of aromatic amines is 1. The van der Waals surface area contributed by atoms with Crippen LogP contribution in [0.3, 0.4) is 0 Å². The second kappa shape index (κ2) is 7.60. The molecule has 3 heterocycles. The third-order valence-corrected chi connectivity index (χ3v) is 6.17. The quantitative estimate of drug-likeness (QED) is 0.378. The van der Waals surface area contributed by atoms with Crippen molar-refractivity contribution in [2.45, 2.75) is 25.8 Å². The van der Waals surface area contributed by atoms with Crippen molar-refractivity contribution in [2.24, 2.45) is 0 Å². The SMILES string of the molecule is O=C(CCCN1C(=O)c2ccc([N+](=O)[O-])cc2C1=O)N1CCc2[nH]c3ccccc3c2C1. The van der Waals surface area contributed by atoms with E-state index in [0.29, 0.717) is 19.5 Å². The molecule has 0 fully saturated rings. The number of non-ortho nitro benzene ring substituents is 1. The van der Waals surface area contributed by atoms with E-state index in [0.717, 1.165) is 39.5 Å². The van der Waals surface area contributed by atoms with Crippen LogP contribution in [0.4, 0.5) is 5.69 Å². The summed E-state index contributed by atoms with van der Waals surface area (Å²) in [6.45, 7) is 1.25. The maximum Gasteiger partial charge on any atom is 0.270 e. The van der Waals surface area contributed by atoms with Gasteiger partial charge in [-0.1, -0.05) is 18.2 Å². The average Bonchev–Trinajstić information content (AvgIpc) is 3.28. The number of aromatic nitrogens is 1. The molecule has 0 saturated carbocycles. The molecule has 0 bridgehead atoms. The first kappa shape index (κ1) is 19.9. The van der Waals surface area contributed by atoms with Crippen LogP contribution in [0.5, 0.6) is 0 Å². The number of carbonyl (C=O) groups is 3. The van der Waals surface area contributed by atoms with Gasteiger partial charge >= 0.3 is 0 Å². The van der Waals surface area contributed by atoms with Gasteiger partial charge < -0.3 is 9.88 Å². The number of rotatable bonds is 5. The number of carbonyl (C=O) groups excluding carboxylic acids is 3. The van der Waals surface area contributed by atoms with E-state index >= 15 is 0 Å². The Hall–Kier alpha value is -4.01. The predicted molar refractivity (Wildman–Crippen MR) is 115 cm³/mol. The number of H-pyrrole nitrogens is 1. The molecule has 1 aromatic heterocycles. The van der Waals surface area contributed by atoms with Crippen LogP contribution in [-0.4, -0.2) is 50.5 Å². The summed E-state index contributed by atoms with van der Waals surface area (Å²) in [5.41, 5.74) is 3.34. The topological polar surface area (TPSA) is 117 Å². The van der Waals surface area contributed by atoms with Crippen LogP contribution in [-0.2, 0) is 17.8 Å². The van der Waals surface area contributed by atoms with E-state index in [9.17, 15) is 24.5 Å². The summed E-state index contributed by atoms with van der Waals surface area (Å²) < 4.78 is 0. The third kappa shape index (κ3) is 3.22. The van der Waals surface area contributed by atoms with Crippen molar-refractivity contribution in [1.29, 1.82) is 0 Å². The minimum absolute atomic E-state index is 0.0202. The summed E-state index contributed by atoms with van der Waals surface area (Å²) >= 11 is 0. The molecule has 0 aliphatic carbocycles. The van der Waals surface area contributed by atoms with E-state index < -0.39 is 16.7 Å². The smallest absolute Gasteiger partial charge is 0.270 e. The molecule has 2 aliphatic heterocycles. The number of nitrogens with one attached hydrogen (secondary N) is 1. The molecular weight excluding hydrogens is 412 g/mol. The van der Waals surface area contributed by atoms with Crippen molar-refractivity contribution < 1.29 is 19.3 Å². The summed E-state index contributed by atoms with van der Waals surface area (Å²) in [7, 11) is 0. The molecule has 9 heteroatoms.